The number of hydrogen-bond acceptors (Lipinski definition) is 2. The van der Waals surface area contributed by atoms with Crippen LogP contribution in [0.1, 0.15) is 37.8 Å². The van der Waals surface area contributed by atoms with Gasteiger partial charge in [-0.2, -0.15) is 0 Å². The maximum atomic E-state index is 13.4. The van der Waals surface area contributed by atoms with Crippen molar-refractivity contribution in [2.45, 2.75) is 46.2 Å². The van der Waals surface area contributed by atoms with Gasteiger partial charge < -0.3 is 5.32 Å². The largest absolute Gasteiger partial charge is 0.314 e. The number of hydrogen-bond donors (Lipinski definition) is 1. The summed E-state index contributed by atoms with van der Waals surface area (Å²) in [6.07, 6.45) is 2.38. The molecule has 2 unspecified atom stereocenters. The van der Waals surface area contributed by atoms with E-state index in [0.717, 1.165) is 31.7 Å². The summed E-state index contributed by atoms with van der Waals surface area (Å²) in [6.45, 7) is 10.8. The topological polar surface area (TPSA) is 15.3 Å². The third kappa shape index (κ3) is 4.03. The van der Waals surface area contributed by atoms with Crippen LogP contribution in [0, 0.1) is 18.7 Å². The summed E-state index contributed by atoms with van der Waals surface area (Å²) in [5, 5.41) is 3.64. The summed E-state index contributed by atoms with van der Waals surface area (Å²) in [5.74, 6) is 0.530. The van der Waals surface area contributed by atoms with Crippen LogP contribution in [0.3, 0.4) is 0 Å². The lowest BCUT2D eigenvalue weighted by atomic mass is 9.93. The SMILES string of the molecule is CCCNC1CCN(Cc2cc(F)ccc2C)CC1C. The number of piperidine rings is 1. The monoisotopic (exact) mass is 278 g/mol. The lowest BCUT2D eigenvalue weighted by Crippen LogP contribution is -2.48. The fraction of sp³-hybridized carbons (Fsp3) is 0.647. The molecule has 0 spiro atoms. The van der Waals surface area contributed by atoms with Crippen LogP contribution in [-0.2, 0) is 6.54 Å². The first kappa shape index (κ1) is 15.5. The van der Waals surface area contributed by atoms with E-state index in [1.165, 1.54) is 18.4 Å². The van der Waals surface area contributed by atoms with Gasteiger partial charge in [0.05, 0.1) is 0 Å². The number of nitrogens with one attached hydrogen (secondary N) is 1. The van der Waals surface area contributed by atoms with Crippen molar-refractivity contribution in [1.29, 1.82) is 0 Å². The number of nitrogens with zero attached hydrogens (tertiary/aromatic N) is 1. The van der Waals surface area contributed by atoms with Crippen LogP contribution in [0.25, 0.3) is 0 Å². The van der Waals surface area contributed by atoms with Crippen LogP contribution >= 0.6 is 0 Å². The second kappa shape index (κ2) is 7.19. The Bertz CT molecular complexity index is 433. The number of likely N-dealkylation sites (tertiary alicyclic amines) is 1. The van der Waals surface area contributed by atoms with Crippen molar-refractivity contribution in [1.82, 2.24) is 10.2 Å². The van der Waals surface area contributed by atoms with Gasteiger partial charge in [0.1, 0.15) is 5.82 Å². The Kier molecular flexibility index (Phi) is 5.55. The van der Waals surface area contributed by atoms with Gasteiger partial charge in [-0.15, -0.1) is 0 Å². The second-order valence-corrected chi connectivity index (χ2v) is 6.13. The van der Waals surface area contributed by atoms with Crippen LogP contribution in [0.4, 0.5) is 4.39 Å². The summed E-state index contributed by atoms with van der Waals surface area (Å²) in [6, 6.07) is 5.74. The highest BCUT2D eigenvalue weighted by atomic mass is 19.1. The fourth-order valence-electron chi connectivity index (χ4n) is 3.06. The van der Waals surface area contributed by atoms with E-state index in [1.807, 2.05) is 6.07 Å². The van der Waals surface area contributed by atoms with Crippen LogP contribution in [0.5, 0.6) is 0 Å². The predicted octanol–water partition coefficient (Wildman–Crippen LogP) is 3.34. The second-order valence-electron chi connectivity index (χ2n) is 6.13. The van der Waals surface area contributed by atoms with Crippen molar-refractivity contribution in [3.63, 3.8) is 0 Å². The third-order valence-electron chi connectivity index (χ3n) is 4.35. The van der Waals surface area contributed by atoms with Crippen molar-refractivity contribution in [2.75, 3.05) is 19.6 Å². The van der Waals surface area contributed by atoms with Crippen LogP contribution < -0.4 is 5.32 Å². The zero-order valence-corrected chi connectivity index (χ0v) is 13.0. The van der Waals surface area contributed by atoms with E-state index in [1.54, 1.807) is 12.1 Å². The molecule has 0 amide bonds. The average Bonchev–Trinajstić information content (AvgIpc) is 2.42. The molecule has 0 saturated carbocycles. The summed E-state index contributed by atoms with van der Waals surface area (Å²) < 4.78 is 13.4. The minimum atomic E-state index is -0.127. The van der Waals surface area contributed by atoms with Crippen molar-refractivity contribution < 1.29 is 4.39 Å². The molecule has 1 aromatic carbocycles. The molecule has 1 saturated heterocycles. The minimum absolute atomic E-state index is 0.127. The standard InChI is InChI=1S/C17H27FN2/c1-4-8-19-17-7-9-20(11-14(17)3)12-15-10-16(18)6-5-13(15)2/h5-6,10,14,17,19H,4,7-9,11-12H2,1-3H3. The number of rotatable bonds is 5. The van der Waals surface area contributed by atoms with Crippen LogP contribution in [0.2, 0.25) is 0 Å². The van der Waals surface area contributed by atoms with E-state index in [9.17, 15) is 4.39 Å². The van der Waals surface area contributed by atoms with Gasteiger partial charge in [-0.05, 0) is 62.0 Å². The van der Waals surface area contributed by atoms with Gasteiger partial charge in [0, 0.05) is 19.1 Å². The Hall–Kier alpha value is -0.930. The molecule has 3 heteroatoms. The van der Waals surface area contributed by atoms with Crippen molar-refractivity contribution in [3.05, 3.63) is 35.1 Å². The number of benzene rings is 1. The predicted molar refractivity (Wildman–Crippen MR) is 82.3 cm³/mol. The van der Waals surface area contributed by atoms with E-state index < -0.39 is 0 Å². The molecule has 1 aromatic rings. The molecule has 0 aromatic heterocycles. The zero-order valence-electron chi connectivity index (χ0n) is 13.0. The summed E-state index contributed by atoms with van der Waals surface area (Å²) in [5.41, 5.74) is 2.31. The Balaban J connectivity index is 1.91. The van der Waals surface area contributed by atoms with Gasteiger partial charge in [-0.3, -0.25) is 4.90 Å². The van der Waals surface area contributed by atoms with E-state index >= 15 is 0 Å². The first-order chi connectivity index (χ1) is 9.60. The van der Waals surface area contributed by atoms with Crippen molar-refractivity contribution in [2.24, 2.45) is 5.92 Å². The average molecular weight is 278 g/mol. The lowest BCUT2D eigenvalue weighted by Gasteiger charge is -2.37. The van der Waals surface area contributed by atoms with Gasteiger partial charge in [-0.25, -0.2) is 4.39 Å². The zero-order chi connectivity index (χ0) is 14.5. The van der Waals surface area contributed by atoms with E-state index in [2.05, 4.69) is 31.0 Å². The first-order valence-electron chi connectivity index (χ1n) is 7.81. The van der Waals surface area contributed by atoms with Crippen LogP contribution in [-0.4, -0.2) is 30.6 Å². The molecule has 1 heterocycles. The molecule has 0 radical (unpaired) electrons. The first-order valence-corrected chi connectivity index (χ1v) is 7.81. The quantitative estimate of drug-likeness (QED) is 0.888. The Morgan fingerprint density at radius 1 is 1.40 bits per heavy atom. The summed E-state index contributed by atoms with van der Waals surface area (Å²) in [7, 11) is 0. The summed E-state index contributed by atoms with van der Waals surface area (Å²) in [4.78, 5) is 2.45. The smallest absolute Gasteiger partial charge is 0.123 e. The highest BCUT2D eigenvalue weighted by molar-refractivity contribution is 5.26. The molecule has 0 bridgehead atoms. The maximum Gasteiger partial charge on any atom is 0.123 e. The molecular weight excluding hydrogens is 251 g/mol. The van der Waals surface area contributed by atoms with Gasteiger partial charge in [0.2, 0.25) is 0 Å². The van der Waals surface area contributed by atoms with Gasteiger partial charge >= 0.3 is 0 Å². The van der Waals surface area contributed by atoms with Crippen LogP contribution in [0.15, 0.2) is 18.2 Å². The summed E-state index contributed by atoms with van der Waals surface area (Å²) >= 11 is 0. The normalized spacial score (nSPS) is 24.0. The molecule has 1 aliphatic heterocycles. The molecule has 2 rings (SSSR count). The maximum absolute atomic E-state index is 13.4. The number of halogens is 1. The number of aryl methyl sites for hydroxylation is 1. The van der Waals surface area contributed by atoms with Crippen molar-refractivity contribution >= 4 is 0 Å². The Labute approximate surface area is 122 Å². The van der Waals surface area contributed by atoms with E-state index in [0.29, 0.717) is 12.0 Å². The Morgan fingerprint density at radius 2 is 2.20 bits per heavy atom. The van der Waals surface area contributed by atoms with Gasteiger partial charge in [-0.1, -0.05) is 19.9 Å². The molecular formula is C17H27FN2. The molecule has 20 heavy (non-hydrogen) atoms. The fourth-order valence-corrected chi connectivity index (χ4v) is 3.06. The molecule has 1 N–H and O–H groups in total. The molecule has 1 aliphatic rings. The molecule has 2 nitrogen and oxygen atoms in total. The molecule has 0 aliphatic carbocycles. The highest BCUT2D eigenvalue weighted by Crippen LogP contribution is 2.20. The van der Waals surface area contributed by atoms with E-state index in [-0.39, 0.29) is 5.82 Å². The Morgan fingerprint density at radius 3 is 2.90 bits per heavy atom. The molecule has 112 valence electrons. The van der Waals surface area contributed by atoms with Crippen molar-refractivity contribution in [3.8, 4) is 0 Å². The lowest BCUT2D eigenvalue weighted by molar-refractivity contribution is 0.141. The molecule has 2 atom stereocenters. The third-order valence-corrected chi connectivity index (χ3v) is 4.35. The van der Waals surface area contributed by atoms with Gasteiger partial charge in [0.25, 0.3) is 0 Å². The highest BCUT2D eigenvalue weighted by Gasteiger charge is 2.25. The molecule has 1 fully saturated rings. The minimum Gasteiger partial charge on any atom is -0.314 e. The van der Waals surface area contributed by atoms with Gasteiger partial charge in [0.15, 0.2) is 0 Å². The van der Waals surface area contributed by atoms with E-state index in [4.69, 9.17) is 0 Å².